The molecule has 0 bridgehead atoms. The molecule has 0 saturated heterocycles. The van der Waals surface area contributed by atoms with Gasteiger partial charge in [-0.15, -0.1) is 0 Å². The lowest BCUT2D eigenvalue weighted by atomic mass is 10.2. The number of nitrogens with zero attached hydrogens (tertiary/aromatic N) is 3. The molecule has 3 aromatic carbocycles. The molecule has 0 aliphatic carbocycles. The Balaban J connectivity index is 1.67. The SMILES string of the molecule is O=C(Oc1c(Br)cc(Br)cc1C=Nn1c(-c2ccc(Cl)cc2Cl)nc2ccccc2c1=O)c1ccco1. The molecule has 0 spiro atoms. The average molecular weight is 662 g/mol. The maximum Gasteiger partial charge on any atom is 0.379 e. The lowest BCUT2D eigenvalue weighted by Gasteiger charge is -2.12. The van der Waals surface area contributed by atoms with E-state index in [2.05, 4.69) is 41.9 Å². The molecule has 37 heavy (non-hydrogen) atoms. The first kappa shape index (κ1) is 25.4. The van der Waals surface area contributed by atoms with E-state index in [1.165, 1.54) is 18.5 Å². The molecule has 5 rings (SSSR count). The van der Waals surface area contributed by atoms with Crippen LogP contribution in [-0.4, -0.2) is 21.8 Å². The van der Waals surface area contributed by atoms with Crippen molar-refractivity contribution in [3.8, 4) is 17.1 Å². The summed E-state index contributed by atoms with van der Waals surface area (Å²) in [6, 6.07) is 18.3. The fraction of sp³-hybridized carbons (Fsp3) is 0. The van der Waals surface area contributed by atoms with Gasteiger partial charge in [-0.2, -0.15) is 9.78 Å². The summed E-state index contributed by atoms with van der Waals surface area (Å²) in [5, 5.41) is 5.56. The Labute approximate surface area is 236 Å². The Morgan fingerprint density at radius 3 is 2.62 bits per heavy atom. The van der Waals surface area contributed by atoms with Crippen molar-refractivity contribution < 1.29 is 13.9 Å². The largest absolute Gasteiger partial charge is 0.457 e. The molecule has 0 aliphatic heterocycles. The first-order valence-electron chi connectivity index (χ1n) is 10.6. The van der Waals surface area contributed by atoms with E-state index in [9.17, 15) is 9.59 Å². The van der Waals surface area contributed by atoms with Crippen molar-refractivity contribution >= 4 is 78.1 Å². The van der Waals surface area contributed by atoms with Crippen molar-refractivity contribution in [2.24, 2.45) is 5.10 Å². The van der Waals surface area contributed by atoms with Crippen LogP contribution in [0, 0.1) is 0 Å². The van der Waals surface area contributed by atoms with Crippen LogP contribution in [0.3, 0.4) is 0 Å². The number of rotatable bonds is 5. The molecule has 0 amide bonds. The van der Waals surface area contributed by atoms with Gasteiger partial charge in [0.2, 0.25) is 5.76 Å². The second-order valence-corrected chi connectivity index (χ2v) is 10.2. The van der Waals surface area contributed by atoms with Crippen molar-refractivity contribution in [3.05, 3.63) is 114 Å². The van der Waals surface area contributed by atoms with Crippen molar-refractivity contribution in [2.75, 3.05) is 0 Å². The number of benzene rings is 3. The first-order chi connectivity index (χ1) is 17.8. The number of ether oxygens (including phenoxy) is 1. The highest BCUT2D eigenvalue weighted by atomic mass is 79.9. The quantitative estimate of drug-likeness (QED) is 0.110. The van der Waals surface area contributed by atoms with Gasteiger partial charge in [0.1, 0.15) is 0 Å². The Morgan fingerprint density at radius 2 is 1.86 bits per heavy atom. The normalized spacial score (nSPS) is 11.4. The molecule has 0 fully saturated rings. The predicted octanol–water partition coefficient (Wildman–Crippen LogP) is 7.59. The third-order valence-corrected chi connectivity index (χ3v) is 6.79. The summed E-state index contributed by atoms with van der Waals surface area (Å²) in [5.74, 6) is -0.265. The van der Waals surface area contributed by atoms with Crippen LogP contribution < -0.4 is 10.3 Å². The Bertz CT molecular complexity index is 1750. The lowest BCUT2D eigenvalue weighted by molar-refractivity contribution is 0.0700. The average Bonchev–Trinajstić information content (AvgIpc) is 3.41. The van der Waals surface area contributed by atoms with E-state index in [1.54, 1.807) is 60.7 Å². The number of esters is 1. The zero-order valence-electron chi connectivity index (χ0n) is 18.5. The molecule has 0 saturated carbocycles. The van der Waals surface area contributed by atoms with Gasteiger partial charge in [-0.05, 0) is 70.5 Å². The highest BCUT2D eigenvalue weighted by Crippen LogP contribution is 2.33. The minimum Gasteiger partial charge on any atom is -0.457 e. The number of aromatic nitrogens is 2. The van der Waals surface area contributed by atoms with Gasteiger partial charge < -0.3 is 9.15 Å². The van der Waals surface area contributed by atoms with E-state index in [-0.39, 0.29) is 17.3 Å². The van der Waals surface area contributed by atoms with E-state index >= 15 is 0 Å². The highest BCUT2D eigenvalue weighted by molar-refractivity contribution is 9.11. The molecule has 0 atom stereocenters. The molecule has 0 N–H and O–H groups in total. The van der Waals surface area contributed by atoms with E-state index in [0.717, 1.165) is 4.68 Å². The molecule has 0 unspecified atom stereocenters. The molecule has 2 aromatic heterocycles. The third kappa shape index (κ3) is 5.26. The van der Waals surface area contributed by atoms with Gasteiger partial charge in [0, 0.05) is 20.6 Å². The second kappa shape index (κ2) is 10.6. The second-order valence-electron chi connectivity index (χ2n) is 7.61. The van der Waals surface area contributed by atoms with Crippen molar-refractivity contribution in [3.63, 3.8) is 0 Å². The fourth-order valence-electron chi connectivity index (χ4n) is 3.52. The van der Waals surface area contributed by atoms with Gasteiger partial charge >= 0.3 is 5.97 Å². The molecular weight excluding hydrogens is 649 g/mol. The van der Waals surface area contributed by atoms with Crippen molar-refractivity contribution in [2.45, 2.75) is 0 Å². The molecule has 5 aromatic rings. The maximum atomic E-state index is 13.5. The first-order valence-corrected chi connectivity index (χ1v) is 12.9. The Morgan fingerprint density at radius 1 is 1.05 bits per heavy atom. The number of carbonyl (C=O) groups excluding carboxylic acids is 1. The third-order valence-electron chi connectivity index (χ3n) is 5.19. The number of carbonyl (C=O) groups is 1. The number of fused-ring (bicyclic) bond motifs is 1. The summed E-state index contributed by atoms with van der Waals surface area (Å²) < 4.78 is 13.0. The molecule has 7 nitrogen and oxygen atoms in total. The minimum atomic E-state index is -0.694. The van der Waals surface area contributed by atoms with Gasteiger partial charge in [0.25, 0.3) is 5.56 Å². The summed E-state index contributed by atoms with van der Waals surface area (Å²) in [4.78, 5) is 30.7. The Hall–Kier alpha value is -3.24. The van der Waals surface area contributed by atoms with Crippen LogP contribution in [0.1, 0.15) is 16.1 Å². The van der Waals surface area contributed by atoms with E-state index in [0.29, 0.717) is 41.0 Å². The molecule has 0 radical (unpaired) electrons. The smallest absolute Gasteiger partial charge is 0.379 e. The van der Waals surface area contributed by atoms with Gasteiger partial charge in [-0.3, -0.25) is 4.79 Å². The van der Waals surface area contributed by atoms with Crippen LogP contribution in [0.25, 0.3) is 22.3 Å². The van der Waals surface area contributed by atoms with E-state index in [1.807, 2.05) is 0 Å². The zero-order valence-corrected chi connectivity index (χ0v) is 23.2. The van der Waals surface area contributed by atoms with Crippen LogP contribution in [0.4, 0.5) is 0 Å². The van der Waals surface area contributed by atoms with Gasteiger partial charge in [0.15, 0.2) is 11.6 Å². The molecular formula is C26H13Br2Cl2N3O4. The number of furan rings is 1. The number of hydrogen-bond acceptors (Lipinski definition) is 6. The number of hydrogen-bond donors (Lipinski definition) is 0. The van der Waals surface area contributed by atoms with Crippen molar-refractivity contribution in [1.82, 2.24) is 9.66 Å². The summed E-state index contributed by atoms with van der Waals surface area (Å²) >= 11 is 19.4. The van der Waals surface area contributed by atoms with Gasteiger partial charge in [0.05, 0.1) is 32.9 Å². The number of para-hydroxylation sites is 1. The highest BCUT2D eigenvalue weighted by Gasteiger charge is 2.19. The Kier molecular flexibility index (Phi) is 7.30. The number of halogens is 4. The van der Waals surface area contributed by atoms with Crippen LogP contribution >= 0.6 is 55.1 Å². The lowest BCUT2D eigenvalue weighted by Crippen LogP contribution is -2.20. The minimum absolute atomic E-state index is 0.0346. The topological polar surface area (TPSA) is 86.7 Å². The molecule has 11 heteroatoms. The van der Waals surface area contributed by atoms with Crippen LogP contribution in [-0.2, 0) is 0 Å². The predicted molar refractivity (Wildman–Crippen MR) is 150 cm³/mol. The monoisotopic (exact) mass is 659 g/mol. The standard InChI is InChI=1S/C26H13Br2Cl2N3O4/c27-15-10-14(23(19(28)11-15)37-26(35)22-6-3-9-36-22)13-31-33-24(17-8-7-16(29)12-20(17)30)32-21-5-2-1-4-18(21)25(33)34/h1-13H. The summed E-state index contributed by atoms with van der Waals surface area (Å²) in [7, 11) is 0. The van der Waals surface area contributed by atoms with E-state index in [4.69, 9.17) is 32.4 Å². The summed E-state index contributed by atoms with van der Waals surface area (Å²) in [6.07, 6.45) is 2.77. The summed E-state index contributed by atoms with van der Waals surface area (Å²) in [5.41, 5.74) is 0.935. The molecule has 184 valence electrons. The van der Waals surface area contributed by atoms with Crippen molar-refractivity contribution in [1.29, 1.82) is 0 Å². The molecule has 0 aliphatic rings. The van der Waals surface area contributed by atoms with Gasteiger partial charge in [-0.1, -0.05) is 51.3 Å². The zero-order chi connectivity index (χ0) is 26.1. The van der Waals surface area contributed by atoms with Crippen LogP contribution in [0.5, 0.6) is 5.75 Å². The van der Waals surface area contributed by atoms with Gasteiger partial charge in [-0.25, -0.2) is 9.78 Å². The van der Waals surface area contributed by atoms with Crippen LogP contribution in [0.2, 0.25) is 10.0 Å². The fourth-order valence-corrected chi connectivity index (χ4v) is 5.35. The maximum absolute atomic E-state index is 13.5. The van der Waals surface area contributed by atoms with E-state index < -0.39 is 11.5 Å². The summed E-state index contributed by atoms with van der Waals surface area (Å²) in [6.45, 7) is 0. The van der Waals surface area contributed by atoms with Crippen LogP contribution in [0.15, 0.2) is 96.3 Å². The molecule has 2 heterocycles.